The minimum Gasteiger partial charge on any atom is -0.332 e. The Morgan fingerprint density at radius 1 is 0.828 bits per heavy atom. The summed E-state index contributed by atoms with van der Waals surface area (Å²) in [6, 6.07) is 22.7. The highest BCUT2D eigenvalue weighted by Gasteiger charge is 2.09. The number of nitrogens with one attached hydrogen (secondary N) is 3. The van der Waals surface area contributed by atoms with E-state index in [0.717, 1.165) is 16.7 Å². The van der Waals surface area contributed by atoms with E-state index in [-0.39, 0.29) is 16.9 Å². The standard InChI is InChI=1S/C23H21N3O2S/c1-15-8-13-20(14-21(15)24-16(2)27)25-23(29)26-22(28)19-11-9-18(10-12-19)17-6-4-3-5-7-17/h3-14H,1-2H3,(H,24,27)(H2,25,26,28,29). The van der Waals surface area contributed by atoms with E-state index in [1.165, 1.54) is 6.92 Å². The van der Waals surface area contributed by atoms with Crippen molar-refractivity contribution >= 4 is 40.5 Å². The minimum atomic E-state index is -0.295. The van der Waals surface area contributed by atoms with Crippen LogP contribution in [0.2, 0.25) is 0 Å². The zero-order valence-electron chi connectivity index (χ0n) is 16.2. The number of rotatable bonds is 4. The summed E-state index contributed by atoms with van der Waals surface area (Å²) in [4.78, 5) is 23.8. The highest BCUT2D eigenvalue weighted by molar-refractivity contribution is 7.80. The lowest BCUT2D eigenvalue weighted by Gasteiger charge is -2.13. The van der Waals surface area contributed by atoms with Crippen molar-refractivity contribution in [2.24, 2.45) is 0 Å². The Bertz CT molecular complexity index is 1050. The molecular weight excluding hydrogens is 382 g/mol. The van der Waals surface area contributed by atoms with Crippen LogP contribution in [0.4, 0.5) is 11.4 Å². The van der Waals surface area contributed by atoms with E-state index in [9.17, 15) is 9.59 Å². The van der Waals surface area contributed by atoms with Crippen molar-refractivity contribution in [1.29, 1.82) is 0 Å². The second-order valence-electron chi connectivity index (χ2n) is 6.56. The van der Waals surface area contributed by atoms with Crippen LogP contribution in [-0.4, -0.2) is 16.9 Å². The van der Waals surface area contributed by atoms with Crippen LogP contribution in [-0.2, 0) is 4.79 Å². The maximum Gasteiger partial charge on any atom is 0.257 e. The van der Waals surface area contributed by atoms with Crippen molar-refractivity contribution in [2.45, 2.75) is 13.8 Å². The SMILES string of the molecule is CC(=O)Nc1cc(NC(=S)NC(=O)c2ccc(-c3ccccc3)cc2)ccc1C. The molecule has 5 nitrogen and oxygen atoms in total. The number of hydrogen-bond donors (Lipinski definition) is 3. The Balaban J connectivity index is 1.63. The van der Waals surface area contributed by atoms with Gasteiger partial charge in [0.05, 0.1) is 0 Å². The molecule has 3 aromatic rings. The maximum atomic E-state index is 12.5. The van der Waals surface area contributed by atoms with Gasteiger partial charge in [0, 0.05) is 23.9 Å². The fourth-order valence-electron chi connectivity index (χ4n) is 2.81. The molecule has 146 valence electrons. The van der Waals surface area contributed by atoms with Crippen molar-refractivity contribution in [3.8, 4) is 11.1 Å². The summed E-state index contributed by atoms with van der Waals surface area (Å²) in [7, 11) is 0. The summed E-state index contributed by atoms with van der Waals surface area (Å²) in [5, 5.41) is 8.58. The van der Waals surface area contributed by atoms with Crippen LogP contribution in [0, 0.1) is 6.92 Å². The van der Waals surface area contributed by atoms with E-state index >= 15 is 0 Å². The number of amides is 2. The van der Waals surface area contributed by atoms with Crippen LogP contribution < -0.4 is 16.0 Å². The molecule has 3 aromatic carbocycles. The van der Waals surface area contributed by atoms with Crippen LogP contribution in [0.25, 0.3) is 11.1 Å². The molecule has 0 saturated carbocycles. The molecule has 0 unspecified atom stereocenters. The van der Waals surface area contributed by atoms with Gasteiger partial charge in [-0.2, -0.15) is 0 Å². The average Bonchev–Trinajstić information content (AvgIpc) is 2.71. The maximum absolute atomic E-state index is 12.5. The summed E-state index contributed by atoms with van der Waals surface area (Å²) in [5.74, 6) is -0.448. The van der Waals surface area contributed by atoms with Gasteiger partial charge in [0.2, 0.25) is 5.91 Å². The van der Waals surface area contributed by atoms with Crippen molar-refractivity contribution < 1.29 is 9.59 Å². The van der Waals surface area contributed by atoms with Gasteiger partial charge in [0.1, 0.15) is 0 Å². The minimum absolute atomic E-state index is 0.153. The molecule has 0 aromatic heterocycles. The van der Waals surface area contributed by atoms with Gasteiger partial charge in [0.15, 0.2) is 5.11 Å². The number of hydrogen-bond acceptors (Lipinski definition) is 3. The van der Waals surface area contributed by atoms with Gasteiger partial charge in [-0.3, -0.25) is 14.9 Å². The molecule has 0 bridgehead atoms. The van der Waals surface area contributed by atoms with Gasteiger partial charge in [-0.1, -0.05) is 48.5 Å². The van der Waals surface area contributed by atoms with Crippen molar-refractivity contribution in [3.63, 3.8) is 0 Å². The molecule has 3 N–H and O–H groups in total. The Morgan fingerprint density at radius 3 is 2.14 bits per heavy atom. The topological polar surface area (TPSA) is 70.2 Å². The number of thiocarbonyl (C=S) groups is 1. The van der Waals surface area contributed by atoms with Gasteiger partial charge in [-0.05, 0) is 60.1 Å². The summed E-state index contributed by atoms with van der Waals surface area (Å²) >= 11 is 5.25. The first-order valence-corrected chi connectivity index (χ1v) is 9.49. The van der Waals surface area contributed by atoms with Gasteiger partial charge >= 0.3 is 0 Å². The molecule has 0 heterocycles. The van der Waals surface area contributed by atoms with Crippen LogP contribution in [0.3, 0.4) is 0 Å². The monoisotopic (exact) mass is 403 g/mol. The molecule has 0 saturated heterocycles. The fourth-order valence-corrected chi connectivity index (χ4v) is 3.02. The Morgan fingerprint density at radius 2 is 1.48 bits per heavy atom. The van der Waals surface area contributed by atoms with Crippen LogP contribution in [0.1, 0.15) is 22.8 Å². The van der Waals surface area contributed by atoms with Crippen LogP contribution >= 0.6 is 12.2 Å². The number of carbonyl (C=O) groups excluding carboxylic acids is 2. The molecular formula is C23H21N3O2S. The summed E-state index contributed by atoms with van der Waals surface area (Å²) < 4.78 is 0. The Hall–Kier alpha value is -3.51. The summed E-state index contributed by atoms with van der Waals surface area (Å²) in [6.07, 6.45) is 0. The molecule has 0 aliphatic heterocycles. The molecule has 0 aliphatic rings. The largest absolute Gasteiger partial charge is 0.332 e. The fraction of sp³-hybridized carbons (Fsp3) is 0.0870. The molecule has 3 rings (SSSR count). The van der Waals surface area contributed by atoms with Crippen molar-refractivity contribution in [3.05, 3.63) is 83.9 Å². The van der Waals surface area contributed by atoms with E-state index in [0.29, 0.717) is 16.9 Å². The molecule has 29 heavy (non-hydrogen) atoms. The lowest BCUT2D eigenvalue weighted by atomic mass is 10.0. The number of anilines is 2. The van der Waals surface area contributed by atoms with Crippen molar-refractivity contribution in [1.82, 2.24) is 5.32 Å². The van der Waals surface area contributed by atoms with E-state index in [1.807, 2.05) is 61.5 Å². The molecule has 2 amide bonds. The second kappa shape index (κ2) is 9.12. The van der Waals surface area contributed by atoms with E-state index < -0.39 is 0 Å². The van der Waals surface area contributed by atoms with E-state index in [2.05, 4.69) is 16.0 Å². The molecule has 0 fully saturated rings. The quantitative estimate of drug-likeness (QED) is 0.550. The highest BCUT2D eigenvalue weighted by Crippen LogP contribution is 2.21. The zero-order valence-corrected chi connectivity index (χ0v) is 17.0. The smallest absolute Gasteiger partial charge is 0.257 e. The average molecular weight is 404 g/mol. The Kier molecular flexibility index (Phi) is 6.36. The van der Waals surface area contributed by atoms with Gasteiger partial charge in [-0.25, -0.2) is 0 Å². The van der Waals surface area contributed by atoms with Gasteiger partial charge < -0.3 is 10.6 Å². The third-order valence-electron chi connectivity index (χ3n) is 4.29. The highest BCUT2D eigenvalue weighted by atomic mass is 32.1. The first kappa shape index (κ1) is 20.2. The number of carbonyl (C=O) groups is 2. The molecule has 0 atom stereocenters. The summed E-state index contributed by atoms with van der Waals surface area (Å²) in [6.45, 7) is 3.35. The first-order chi connectivity index (χ1) is 13.9. The lowest BCUT2D eigenvalue weighted by molar-refractivity contribution is -0.114. The summed E-state index contributed by atoms with van der Waals surface area (Å²) in [5.41, 5.74) is 4.92. The number of benzene rings is 3. The molecule has 0 aliphatic carbocycles. The zero-order chi connectivity index (χ0) is 20.8. The van der Waals surface area contributed by atoms with Crippen LogP contribution in [0.5, 0.6) is 0 Å². The van der Waals surface area contributed by atoms with E-state index in [1.54, 1.807) is 18.2 Å². The third kappa shape index (κ3) is 5.49. The van der Waals surface area contributed by atoms with Gasteiger partial charge in [-0.15, -0.1) is 0 Å². The molecule has 6 heteroatoms. The predicted molar refractivity (Wildman–Crippen MR) is 121 cm³/mol. The Labute approximate surface area is 175 Å². The van der Waals surface area contributed by atoms with Crippen molar-refractivity contribution in [2.75, 3.05) is 10.6 Å². The van der Waals surface area contributed by atoms with Crippen LogP contribution in [0.15, 0.2) is 72.8 Å². The number of aryl methyl sites for hydroxylation is 1. The third-order valence-corrected chi connectivity index (χ3v) is 4.49. The lowest BCUT2D eigenvalue weighted by Crippen LogP contribution is -2.34. The predicted octanol–water partition coefficient (Wildman–Crippen LogP) is 4.75. The first-order valence-electron chi connectivity index (χ1n) is 9.08. The normalized spacial score (nSPS) is 10.1. The molecule has 0 spiro atoms. The van der Waals surface area contributed by atoms with Gasteiger partial charge in [0.25, 0.3) is 5.91 Å². The molecule has 0 radical (unpaired) electrons. The second-order valence-corrected chi connectivity index (χ2v) is 6.97. The van der Waals surface area contributed by atoms with E-state index in [4.69, 9.17) is 12.2 Å².